The molecular weight excluding hydrogens is 336 g/mol. The lowest BCUT2D eigenvalue weighted by Crippen LogP contribution is -2.43. The summed E-state index contributed by atoms with van der Waals surface area (Å²) in [5, 5.41) is 10.9. The fourth-order valence-electron chi connectivity index (χ4n) is 2.97. The average molecular weight is 356 g/mol. The third kappa shape index (κ3) is 3.63. The van der Waals surface area contributed by atoms with Gasteiger partial charge in [0.1, 0.15) is 6.10 Å². The van der Waals surface area contributed by atoms with Crippen molar-refractivity contribution in [3.05, 3.63) is 36.0 Å². The second-order valence-electron chi connectivity index (χ2n) is 6.32. The van der Waals surface area contributed by atoms with E-state index in [0.717, 1.165) is 18.5 Å². The number of amides is 2. The number of rotatable bonds is 3. The van der Waals surface area contributed by atoms with Crippen LogP contribution in [0.15, 0.2) is 30.3 Å². The quantitative estimate of drug-likeness (QED) is 0.910. The normalized spacial score (nSPS) is 16.4. The Balaban J connectivity index is 1.28. The van der Waals surface area contributed by atoms with E-state index in [0.29, 0.717) is 36.2 Å². The van der Waals surface area contributed by atoms with E-state index in [1.54, 1.807) is 23.1 Å². The van der Waals surface area contributed by atoms with Gasteiger partial charge in [0.2, 0.25) is 12.7 Å². The van der Waals surface area contributed by atoms with Gasteiger partial charge in [0, 0.05) is 43.8 Å². The van der Waals surface area contributed by atoms with Crippen LogP contribution in [0.3, 0.4) is 0 Å². The first-order valence-electron chi connectivity index (χ1n) is 8.60. The number of aromatic nitrogens is 2. The summed E-state index contributed by atoms with van der Waals surface area (Å²) in [6, 6.07) is 8.93. The van der Waals surface area contributed by atoms with E-state index in [1.165, 1.54) is 0 Å². The standard InChI is InChI=1S/C18H20N4O4/c1-12-2-5-17(21-20-12)26-14-6-8-22(9-7-14)18(23)19-13-3-4-15-16(10-13)25-11-24-15/h2-5,10,14H,6-9,11H2,1H3,(H,19,23). The van der Waals surface area contributed by atoms with Gasteiger partial charge in [-0.25, -0.2) is 4.79 Å². The Hall–Kier alpha value is -3.03. The highest BCUT2D eigenvalue weighted by molar-refractivity contribution is 5.89. The van der Waals surface area contributed by atoms with Gasteiger partial charge in [0.15, 0.2) is 11.5 Å². The lowest BCUT2D eigenvalue weighted by atomic mass is 10.1. The molecular formula is C18H20N4O4. The molecule has 2 aromatic rings. The lowest BCUT2D eigenvalue weighted by Gasteiger charge is -2.31. The first-order valence-corrected chi connectivity index (χ1v) is 8.60. The second kappa shape index (κ2) is 7.07. The molecule has 1 N–H and O–H groups in total. The predicted octanol–water partition coefficient (Wildman–Crippen LogP) is 2.59. The van der Waals surface area contributed by atoms with Crippen LogP contribution in [0.5, 0.6) is 17.4 Å². The molecule has 136 valence electrons. The van der Waals surface area contributed by atoms with Crippen molar-refractivity contribution in [1.29, 1.82) is 0 Å². The molecule has 0 unspecified atom stereocenters. The molecule has 3 heterocycles. The highest BCUT2D eigenvalue weighted by Crippen LogP contribution is 2.34. The van der Waals surface area contributed by atoms with Crippen LogP contribution in [0.2, 0.25) is 0 Å². The number of carbonyl (C=O) groups is 1. The molecule has 2 amide bonds. The maximum atomic E-state index is 12.4. The number of ether oxygens (including phenoxy) is 3. The van der Waals surface area contributed by atoms with E-state index in [2.05, 4.69) is 15.5 Å². The van der Waals surface area contributed by atoms with Gasteiger partial charge >= 0.3 is 6.03 Å². The number of piperidine rings is 1. The summed E-state index contributed by atoms with van der Waals surface area (Å²) >= 11 is 0. The molecule has 1 aromatic heterocycles. The number of aryl methyl sites for hydroxylation is 1. The number of hydrogen-bond donors (Lipinski definition) is 1. The molecule has 0 radical (unpaired) electrons. The molecule has 0 saturated carbocycles. The number of hydrogen-bond acceptors (Lipinski definition) is 6. The minimum Gasteiger partial charge on any atom is -0.473 e. The van der Waals surface area contributed by atoms with Crippen LogP contribution in [-0.2, 0) is 0 Å². The Labute approximate surface area is 151 Å². The minimum atomic E-state index is -0.127. The van der Waals surface area contributed by atoms with Gasteiger partial charge in [-0.15, -0.1) is 5.10 Å². The first kappa shape index (κ1) is 16.4. The van der Waals surface area contributed by atoms with Gasteiger partial charge in [0.25, 0.3) is 0 Å². The van der Waals surface area contributed by atoms with Crippen LogP contribution in [0.25, 0.3) is 0 Å². The van der Waals surface area contributed by atoms with E-state index < -0.39 is 0 Å². The molecule has 0 atom stereocenters. The maximum absolute atomic E-state index is 12.4. The zero-order chi connectivity index (χ0) is 17.9. The van der Waals surface area contributed by atoms with Gasteiger partial charge in [-0.1, -0.05) is 0 Å². The number of anilines is 1. The zero-order valence-corrected chi connectivity index (χ0v) is 14.5. The highest BCUT2D eigenvalue weighted by Gasteiger charge is 2.25. The van der Waals surface area contributed by atoms with Crippen molar-refractivity contribution >= 4 is 11.7 Å². The van der Waals surface area contributed by atoms with Crippen LogP contribution in [-0.4, -0.2) is 47.1 Å². The number of nitrogens with zero attached hydrogens (tertiary/aromatic N) is 3. The molecule has 26 heavy (non-hydrogen) atoms. The summed E-state index contributed by atoms with van der Waals surface area (Å²) in [5.74, 6) is 1.87. The number of urea groups is 1. The third-order valence-corrected chi connectivity index (χ3v) is 4.41. The van der Waals surface area contributed by atoms with Crippen molar-refractivity contribution in [2.45, 2.75) is 25.9 Å². The molecule has 0 bridgehead atoms. The summed E-state index contributed by atoms with van der Waals surface area (Å²) in [6.45, 7) is 3.35. The number of carbonyl (C=O) groups excluding carboxylic acids is 1. The van der Waals surface area contributed by atoms with Gasteiger partial charge in [-0.3, -0.25) is 0 Å². The van der Waals surface area contributed by atoms with Crippen LogP contribution in [0.1, 0.15) is 18.5 Å². The molecule has 0 aliphatic carbocycles. The van der Waals surface area contributed by atoms with Gasteiger partial charge in [-0.05, 0) is 25.1 Å². The van der Waals surface area contributed by atoms with E-state index in [1.807, 2.05) is 19.1 Å². The minimum absolute atomic E-state index is 0.0431. The van der Waals surface area contributed by atoms with Crippen LogP contribution >= 0.6 is 0 Å². The number of likely N-dealkylation sites (tertiary alicyclic amines) is 1. The summed E-state index contributed by atoms with van der Waals surface area (Å²) < 4.78 is 16.4. The summed E-state index contributed by atoms with van der Waals surface area (Å²) in [5.41, 5.74) is 1.54. The summed E-state index contributed by atoms with van der Waals surface area (Å²) in [4.78, 5) is 14.2. The average Bonchev–Trinajstić information content (AvgIpc) is 3.12. The van der Waals surface area contributed by atoms with E-state index in [4.69, 9.17) is 14.2 Å². The molecule has 4 rings (SSSR count). The SMILES string of the molecule is Cc1ccc(OC2CCN(C(=O)Nc3ccc4c(c3)OCO4)CC2)nn1. The van der Waals surface area contributed by atoms with Crippen molar-refractivity contribution in [2.75, 3.05) is 25.2 Å². The molecule has 1 saturated heterocycles. The summed E-state index contributed by atoms with van der Waals surface area (Å²) in [6.07, 6.45) is 1.55. The molecule has 2 aliphatic rings. The first-order chi connectivity index (χ1) is 12.7. The van der Waals surface area contributed by atoms with E-state index in [-0.39, 0.29) is 18.9 Å². The van der Waals surface area contributed by atoms with Crippen LogP contribution in [0.4, 0.5) is 10.5 Å². The van der Waals surface area contributed by atoms with Crippen LogP contribution in [0, 0.1) is 6.92 Å². The Morgan fingerprint density at radius 1 is 1.15 bits per heavy atom. The smallest absolute Gasteiger partial charge is 0.321 e. The lowest BCUT2D eigenvalue weighted by molar-refractivity contribution is 0.110. The fraction of sp³-hybridized carbons (Fsp3) is 0.389. The topological polar surface area (TPSA) is 85.8 Å². The fourth-order valence-corrected chi connectivity index (χ4v) is 2.97. The maximum Gasteiger partial charge on any atom is 0.321 e. The monoisotopic (exact) mass is 356 g/mol. The van der Waals surface area contributed by atoms with Crippen molar-refractivity contribution in [3.8, 4) is 17.4 Å². The predicted molar refractivity (Wildman–Crippen MR) is 93.6 cm³/mol. The summed E-state index contributed by atoms with van der Waals surface area (Å²) in [7, 11) is 0. The van der Waals surface area contributed by atoms with Crippen molar-refractivity contribution in [1.82, 2.24) is 15.1 Å². The third-order valence-electron chi connectivity index (χ3n) is 4.41. The molecule has 1 fully saturated rings. The van der Waals surface area contributed by atoms with Gasteiger partial charge in [0.05, 0.1) is 5.69 Å². The Morgan fingerprint density at radius 3 is 2.73 bits per heavy atom. The van der Waals surface area contributed by atoms with Gasteiger partial charge < -0.3 is 24.4 Å². The van der Waals surface area contributed by atoms with Crippen molar-refractivity contribution < 1.29 is 19.0 Å². The Kier molecular flexibility index (Phi) is 4.47. The van der Waals surface area contributed by atoms with E-state index in [9.17, 15) is 4.79 Å². The van der Waals surface area contributed by atoms with Crippen molar-refractivity contribution in [2.24, 2.45) is 0 Å². The van der Waals surface area contributed by atoms with E-state index >= 15 is 0 Å². The van der Waals surface area contributed by atoms with Crippen LogP contribution < -0.4 is 19.5 Å². The number of benzene rings is 1. The molecule has 0 spiro atoms. The molecule has 2 aliphatic heterocycles. The van der Waals surface area contributed by atoms with Gasteiger partial charge in [-0.2, -0.15) is 5.10 Å². The Morgan fingerprint density at radius 2 is 1.96 bits per heavy atom. The highest BCUT2D eigenvalue weighted by atomic mass is 16.7. The molecule has 1 aromatic carbocycles. The largest absolute Gasteiger partial charge is 0.473 e. The Bertz CT molecular complexity index is 788. The van der Waals surface area contributed by atoms with Crippen molar-refractivity contribution in [3.63, 3.8) is 0 Å². The number of fused-ring (bicyclic) bond motifs is 1. The molecule has 8 heteroatoms. The molecule has 8 nitrogen and oxygen atoms in total. The second-order valence-corrected chi connectivity index (χ2v) is 6.32. The zero-order valence-electron chi connectivity index (χ0n) is 14.5. The number of nitrogens with one attached hydrogen (secondary N) is 1.